The summed E-state index contributed by atoms with van der Waals surface area (Å²) in [5.74, 6) is -0.399. The van der Waals surface area contributed by atoms with Crippen LogP contribution in [0, 0.1) is 25.2 Å². The third-order valence-corrected chi connectivity index (χ3v) is 5.35. The summed E-state index contributed by atoms with van der Waals surface area (Å²) in [5, 5.41) is 13.4. The van der Waals surface area contributed by atoms with E-state index in [1.165, 1.54) is 0 Å². The molecule has 2 heterocycles. The Hall–Kier alpha value is -2.26. The first-order chi connectivity index (χ1) is 13.4. The Bertz CT molecular complexity index is 967. The van der Waals surface area contributed by atoms with Crippen LogP contribution < -0.4 is 5.32 Å². The summed E-state index contributed by atoms with van der Waals surface area (Å²) >= 11 is 12.5. The number of carbonyl (C=O) groups excluding carboxylic acids is 1. The molecule has 2 aromatic rings. The number of rotatable bonds is 5. The van der Waals surface area contributed by atoms with Gasteiger partial charge in [-0.15, -0.1) is 0 Å². The molecule has 1 aliphatic rings. The van der Waals surface area contributed by atoms with Gasteiger partial charge in [-0.2, -0.15) is 5.26 Å². The first-order valence-electron chi connectivity index (χ1n) is 9.06. The average Bonchev–Trinajstić information content (AvgIpc) is 3.28. The Labute approximate surface area is 174 Å². The van der Waals surface area contributed by atoms with Crippen LogP contribution in [0.15, 0.2) is 29.8 Å². The van der Waals surface area contributed by atoms with Gasteiger partial charge in [0.2, 0.25) is 0 Å². The smallest absolute Gasteiger partial charge is 0.262 e. The summed E-state index contributed by atoms with van der Waals surface area (Å²) in [6, 6.07) is 9.17. The topological polar surface area (TPSA) is 67.1 Å². The second-order valence-corrected chi connectivity index (χ2v) is 7.62. The van der Waals surface area contributed by atoms with E-state index in [1.54, 1.807) is 24.3 Å². The predicted molar refractivity (Wildman–Crippen MR) is 111 cm³/mol. The number of nitriles is 1. The number of benzene rings is 1. The fourth-order valence-electron chi connectivity index (χ4n) is 3.37. The molecule has 1 aromatic carbocycles. The first kappa shape index (κ1) is 20.5. The highest BCUT2D eigenvalue weighted by Crippen LogP contribution is 2.29. The highest BCUT2D eigenvalue weighted by atomic mass is 35.5. The first-order valence-corrected chi connectivity index (χ1v) is 9.82. The Morgan fingerprint density at radius 1 is 1.39 bits per heavy atom. The maximum atomic E-state index is 12.4. The highest BCUT2D eigenvalue weighted by Gasteiger charge is 2.19. The third kappa shape index (κ3) is 4.41. The largest absolute Gasteiger partial charge is 0.376 e. The van der Waals surface area contributed by atoms with Crippen LogP contribution in [0.25, 0.3) is 11.8 Å². The minimum atomic E-state index is -0.399. The summed E-state index contributed by atoms with van der Waals surface area (Å²) in [6.45, 7) is 4.98. The summed E-state index contributed by atoms with van der Waals surface area (Å²) in [6.07, 6.45) is 3.55. The number of carbonyl (C=O) groups is 1. The van der Waals surface area contributed by atoms with Crippen molar-refractivity contribution in [2.24, 2.45) is 0 Å². The van der Waals surface area contributed by atoms with E-state index >= 15 is 0 Å². The zero-order valence-corrected chi connectivity index (χ0v) is 17.3. The maximum Gasteiger partial charge on any atom is 0.262 e. The van der Waals surface area contributed by atoms with E-state index in [0.717, 1.165) is 42.1 Å². The molecule has 3 rings (SSSR count). The summed E-state index contributed by atoms with van der Waals surface area (Å²) in [4.78, 5) is 12.4. The molecule has 0 spiro atoms. The van der Waals surface area contributed by atoms with Gasteiger partial charge in [-0.05, 0) is 62.6 Å². The van der Waals surface area contributed by atoms with Crippen LogP contribution >= 0.6 is 23.2 Å². The van der Waals surface area contributed by atoms with Gasteiger partial charge in [0.15, 0.2) is 0 Å². The van der Waals surface area contributed by atoms with Crippen LogP contribution in [0.2, 0.25) is 10.0 Å². The minimum Gasteiger partial charge on any atom is -0.376 e. The normalized spacial score (nSPS) is 16.8. The Balaban J connectivity index is 1.87. The lowest BCUT2D eigenvalue weighted by Gasteiger charge is -2.12. The molecule has 146 valence electrons. The second-order valence-electron chi connectivity index (χ2n) is 6.77. The molecule has 7 heteroatoms. The zero-order chi connectivity index (χ0) is 20.3. The number of ether oxygens (including phenoxy) is 1. The van der Waals surface area contributed by atoms with Gasteiger partial charge in [0.05, 0.1) is 16.8 Å². The van der Waals surface area contributed by atoms with Crippen molar-refractivity contribution in [2.75, 3.05) is 13.2 Å². The molecule has 0 aliphatic carbocycles. The number of halogens is 2. The molecular weight excluding hydrogens is 397 g/mol. The van der Waals surface area contributed by atoms with Crippen molar-refractivity contribution >= 4 is 35.2 Å². The average molecular weight is 418 g/mol. The van der Waals surface area contributed by atoms with Crippen molar-refractivity contribution in [1.82, 2.24) is 9.88 Å². The lowest BCUT2D eigenvalue weighted by atomic mass is 10.1. The minimum absolute atomic E-state index is 0.0268. The molecule has 0 saturated carbocycles. The number of aryl methyl sites for hydroxylation is 1. The molecule has 1 aliphatic heterocycles. The van der Waals surface area contributed by atoms with Gasteiger partial charge in [-0.1, -0.05) is 23.2 Å². The monoisotopic (exact) mass is 417 g/mol. The number of aromatic nitrogens is 1. The van der Waals surface area contributed by atoms with Gasteiger partial charge < -0.3 is 14.6 Å². The lowest BCUT2D eigenvalue weighted by Crippen LogP contribution is -2.32. The number of hydrogen-bond donors (Lipinski definition) is 1. The quantitative estimate of drug-likeness (QED) is 0.570. The fraction of sp³-hybridized carbons (Fsp3) is 0.333. The van der Waals surface area contributed by atoms with E-state index in [9.17, 15) is 10.1 Å². The van der Waals surface area contributed by atoms with E-state index in [-0.39, 0.29) is 11.7 Å². The summed E-state index contributed by atoms with van der Waals surface area (Å²) in [7, 11) is 0. The molecule has 1 fully saturated rings. The molecule has 0 radical (unpaired) electrons. The molecular formula is C21H21Cl2N3O2. The Kier molecular flexibility index (Phi) is 6.46. The number of nitrogens with zero attached hydrogens (tertiary/aromatic N) is 2. The molecule has 1 atom stereocenters. The number of amides is 1. The van der Waals surface area contributed by atoms with Gasteiger partial charge in [0, 0.05) is 29.6 Å². The SMILES string of the molecule is Cc1cc(/C=C(/C#N)C(=O)NC[C@H]2CCCO2)c(C)n1-c1cc(Cl)ccc1Cl. The molecule has 28 heavy (non-hydrogen) atoms. The van der Waals surface area contributed by atoms with Gasteiger partial charge in [-0.3, -0.25) is 4.79 Å². The van der Waals surface area contributed by atoms with Crippen molar-refractivity contribution in [3.63, 3.8) is 0 Å². The van der Waals surface area contributed by atoms with Gasteiger partial charge in [0.25, 0.3) is 5.91 Å². The number of hydrogen-bond acceptors (Lipinski definition) is 3. The zero-order valence-electron chi connectivity index (χ0n) is 15.8. The molecule has 1 aromatic heterocycles. The highest BCUT2D eigenvalue weighted by molar-refractivity contribution is 6.34. The molecule has 5 nitrogen and oxygen atoms in total. The van der Waals surface area contributed by atoms with Crippen molar-refractivity contribution in [2.45, 2.75) is 32.8 Å². The Morgan fingerprint density at radius 2 is 2.18 bits per heavy atom. The molecule has 1 amide bonds. The van der Waals surface area contributed by atoms with Gasteiger partial charge in [0.1, 0.15) is 11.6 Å². The maximum absolute atomic E-state index is 12.4. The van der Waals surface area contributed by atoms with Crippen LogP contribution in [0.1, 0.15) is 29.8 Å². The molecule has 0 bridgehead atoms. The second kappa shape index (κ2) is 8.83. The van der Waals surface area contributed by atoms with Crippen LogP contribution in [0.3, 0.4) is 0 Å². The van der Waals surface area contributed by atoms with Gasteiger partial charge >= 0.3 is 0 Å². The predicted octanol–water partition coefficient (Wildman–Crippen LogP) is 4.60. The van der Waals surface area contributed by atoms with Crippen LogP contribution in [0.5, 0.6) is 0 Å². The van der Waals surface area contributed by atoms with E-state index in [4.69, 9.17) is 27.9 Å². The van der Waals surface area contributed by atoms with E-state index in [2.05, 4.69) is 5.32 Å². The van der Waals surface area contributed by atoms with Crippen LogP contribution in [0.4, 0.5) is 0 Å². The summed E-state index contributed by atoms with van der Waals surface area (Å²) in [5.41, 5.74) is 3.37. The standard InChI is InChI=1S/C21H21Cl2N3O2/c1-13-8-15(14(2)26(13)20-10-17(22)5-6-19(20)23)9-16(11-24)21(27)25-12-18-4-3-7-28-18/h5-6,8-10,18H,3-4,7,12H2,1-2H3,(H,25,27)/b16-9-/t18-/m1/s1. The molecule has 0 unspecified atom stereocenters. The molecule has 1 N–H and O–H groups in total. The Morgan fingerprint density at radius 3 is 2.86 bits per heavy atom. The van der Waals surface area contributed by atoms with E-state index < -0.39 is 5.91 Å². The van der Waals surface area contributed by atoms with Crippen molar-refractivity contribution < 1.29 is 9.53 Å². The summed E-state index contributed by atoms with van der Waals surface area (Å²) < 4.78 is 7.46. The molecule has 1 saturated heterocycles. The van der Waals surface area contributed by atoms with Crippen LogP contribution in [-0.2, 0) is 9.53 Å². The van der Waals surface area contributed by atoms with E-state index in [1.807, 2.05) is 30.6 Å². The lowest BCUT2D eigenvalue weighted by molar-refractivity contribution is -0.117. The van der Waals surface area contributed by atoms with Crippen molar-refractivity contribution in [3.8, 4) is 11.8 Å². The fourth-order valence-corrected chi connectivity index (χ4v) is 3.74. The van der Waals surface area contributed by atoms with Crippen LogP contribution in [-0.4, -0.2) is 29.7 Å². The van der Waals surface area contributed by atoms with Crippen molar-refractivity contribution in [3.05, 3.63) is 56.8 Å². The van der Waals surface area contributed by atoms with Crippen molar-refractivity contribution in [1.29, 1.82) is 5.26 Å². The third-order valence-electron chi connectivity index (χ3n) is 4.80. The van der Waals surface area contributed by atoms with E-state index in [0.29, 0.717) is 16.6 Å². The van der Waals surface area contributed by atoms with Gasteiger partial charge in [-0.25, -0.2) is 0 Å². The number of nitrogens with one attached hydrogen (secondary N) is 1.